The second-order valence-corrected chi connectivity index (χ2v) is 7.74. The van der Waals surface area contributed by atoms with Crippen molar-refractivity contribution in [2.75, 3.05) is 39.4 Å². The Morgan fingerprint density at radius 3 is 2.24 bits per heavy atom. The maximum atomic E-state index is 12.4. The summed E-state index contributed by atoms with van der Waals surface area (Å²) >= 11 is 0. The van der Waals surface area contributed by atoms with Crippen LogP contribution in [-0.2, 0) is 9.59 Å². The van der Waals surface area contributed by atoms with Gasteiger partial charge < -0.3 is 20.4 Å². The van der Waals surface area contributed by atoms with E-state index in [4.69, 9.17) is 10.2 Å². The van der Waals surface area contributed by atoms with Crippen molar-refractivity contribution in [1.82, 2.24) is 15.1 Å². The largest absolute Gasteiger partial charge is 0.394 e. The smallest absolute Gasteiger partial charge is 0.225 e. The van der Waals surface area contributed by atoms with Crippen LogP contribution in [0.1, 0.15) is 38.5 Å². The maximum Gasteiger partial charge on any atom is 0.225 e. The lowest BCUT2D eigenvalue weighted by molar-refractivity contribution is -0.134. The topological polar surface area (TPSA) is 93.1 Å². The maximum absolute atomic E-state index is 12.4. The van der Waals surface area contributed by atoms with E-state index >= 15 is 0 Å². The molecule has 3 N–H and O–H groups in total. The summed E-state index contributed by atoms with van der Waals surface area (Å²) in [7, 11) is 0. The van der Waals surface area contributed by atoms with Gasteiger partial charge in [0.25, 0.3) is 0 Å². The van der Waals surface area contributed by atoms with Gasteiger partial charge in [-0.15, -0.1) is 0 Å². The molecule has 7 nitrogen and oxygen atoms in total. The van der Waals surface area contributed by atoms with Crippen LogP contribution in [0.3, 0.4) is 0 Å². The first kappa shape index (κ1) is 18.6. The molecule has 3 aliphatic rings. The zero-order chi connectivity index (χ0) is 17.8. The average molecular weight is 353 g/mol. The van der Waals surface area contributed by atoms with Gasteiger partial charge in [-0.25, -0.2) is 0 Å². The number of rotatable bonds is 6. The molecule has 2 saturated heterocycles. The highest BCUT2D eigenvalue weighted by Crippen LogP contribution is 2.32. The van der Waals surface area contributed by atoms with Crippen molar-refractivity contribution in [3.63, 3.8) is 0 Å². The van der Waals surface area contributed by atoms with Crippen molar-refractivity contribution in [2.24, 2.45) is 11.8 Å². The first-order chi connectivity index (χ1) is 12.1. The number of carbonyl (C=O) groups is 2. The summed E-state index contributed by atoms with van der Waals surface area (Å²) < 4.78 is 0. The minimum atomic E-state index is -0.570. The normalized spacial score (nSPS) is 26.0. The second-order valence-electron chi connectivity index (χ2n) is 7.74. The number of likely N-dealkylation sites (tertiary alicyclic amines) is 2. The number of carbonyl (C=O) groups excluding carboxylic acids is 2. The van der Waals surface area contributed by atoms with E-state index in [1.807, 2.05) is 4.90 Å². The third-order valence-corrected chi connectivity index (χ3v) is 5.83. The molecule has 1 aliphatic carbocycles. The monoisotopic (exact) mass is 353 g/mol. The second kappa shape index (κ2) is 8.47. The molecule has 0 bridgehead atoms. The summed E-state index contributed by atoms with van der Waals surface area (Å²) in [5.41, 5.74) is 0. The minimum Gasteiger partial charge on any atom is -0.394 e. The van der Waals surface area contributed by atoms with E-state index < -0.39 is 6.04 Å². The Bertz CT molecular complexity index is 471. The van der Waals surface area contributed by atoms with Gasteiger partial charge in [-0.1, -0.05) is 0 Å². The summed E-state index contributed by atoms with van der Waals surface area (Å²) in [5, 5.41) is 21.0. The first-order valence-electron chi connectivity index (χ1n) is 9.67. The number of nitrogens with one attached hydrogen (secondary N) is 1. The molecule has 1 saturated carbocycles. The zero-order valence-corrected chi connectivity index (χ0v) is 14.9. The highest BCUT2D eigenvalue weighted by Gasteiger charge is 2.37. The standard InChI is InChI=1S/C18H31N3O4/c22-11-15(12-23)19-17(24)14-2-1-7-21(10-14)16-5-8-20(9-6-16)18(25)13-3-4-13/h13-16,22-23H,1-12H2,(H,19,24). The molecule has 2 heterocycles. The van der Waals surface area contributed by atoms with Gasteiger partial charge in [-0.2, -0.15) is 0 Å². The van der Waals surface area contributed by atoms with Crippen molar-refractivity contribution in [2.45, 2.75) is 50.6 Å². The van der Waals surface area contributed by atoms with Crippen molar-refractivity contribution < 1.29 is 19.8 Å². The molecule has 25 heavy (non-hydrogen) atoms. The zero-order valence-electron chi connectivity index (χ0n) is 14.9. The molecule has 3 rings (SSSR count). The Kier molecular flexibility index (Phi) is 6.30. The van der Waals surface area contributed by atoms with E-state index in [0.717, 1.165) is 64.7 Å². The highest BCUT2D eigenvalue weighted by atomic mass is 16.3. The average Bonchev–Trinajstić information content (AvgIpc) is 3.51. The number of piperidine rings is 2. The molecule has 3 fully saturated rings. The van der Waals surface area contributed by atoms with Gasteiger partial charge in [-0.05, 0) is 45.1 Å². The van der Waals surface area contributed by atoms with Crippen molar-refractivity contribution in [1.29, 1.82) is 0 Å². The van der Waals surface area contributed by atoms with Crippen molar-refractivity contribution >= 4 is 11.8 Å². The summed E-state index contributed by atoms with van der Waals surface area (Å²) in [6.45, 7) is 2.93. The Hall–Kier alpha value is -1.18. The third kappa shape index (κ3) is 4.71. The van der Waals surface area contributed by atoms with E-state index in [-0.39, 0.29) is 25.0 Å². The lowest BCUT2D eigenvalue weighted by Crippen LogP contribution is -2.53. The number of aliphatic hydroxyl groups is 2. The van der Waals surface area contributed by atoms with E-state index in [2.05, 4.69) is 10.2 Å². The van der Waals surface area contributed by atoms with Crippen LogP contribution < -0.4 is 5.32 Å². The lowest BCUT2D eigenvalue weighted by Gasteiger charge is -2.42. The molecular weight excluding hydrogens is 322 g/mol. The molecule has 142 valence electrons. The minimum absolute atomic E-state index is 0.0702. The van der Waals surface area contributed by atoms with Gasteiger partial charge in [0.1, 0.15) is 0 Å². The van der Waals surface area contributed by atoms with Gasteiger partial charge in [0.05, 0.1) is 25.2 Å². The molecule has 0 aromatic heterocycles. The Labute approximate surface area is 149 Å². The fourth-order valence-electron chi connectivity index (χ4n) is 4.06. The van der Waals surface area contributed by atoms with Gasteiger partial charge in [0.15, 0.2) is 0 Å². The van der Waals surface area contributed by atoms with Crippen LogP contribution in [0.2, 0.25) is 0 Å². The van der Waals surface area contributed by atoms with Crippen LogP contribution in [0.15, 0.2) is 0 Å². The first-order valence-corrected chi connectivity index (χ1v) is 9.67. The fraction of sp³-hybridized carbons (Fsp3) is 0.889. The molecule has 0 aromatic carbocycles. The lowest BCUT2D eigenvalue weighted by atomic mass is 9.93. The van der Waals surface area contributed by atoms with Crippen LogP contribution in [0, 0.1) is 11.8 Å². The molecule has 2 aliphatic heterocycles. The van der Waals surface area contributed by atoms with Crippen LogP contribution >= 0.6 is 0 Å². The van der Waals surface area contributed by atoms with Crippen LogP contribution in [0.5, 0.6) is 0 Å². The van der Waals surface area contributed by atoms with E-state index in [0.29, 0.717) is 17.9 Å². The van der Waals surface area contributed by atoms with Crippen LogP contribution in [-0.4, -0.2) is 83.3 Å². The predicted octanol–water partition coefficient (Wildman–Crippen LogP) is -0.431. The van der Waals surface area contributed by atoms with Gasteiger partial charge in [0.2, 0.25) is 11.8 Å². The summed E-state index contributed by atoms with van der Waals surface area (Å²) in [5.74, 6) is 0.485. The summed E-state index contributed by atoms with van der Waals surface area (Å²) in [6, 6.07) is -0.120. The van der Waals surface area contributed by atoms with Crippen molar-refractivity contribution in [3.05, 3.63) is 0 Å². The highest BCUT2D eigenvalue weighted by molar-refractivity contribution is 5.81. The number of hydrogen-bond acceptors (Lipinski definition) is 5. The van der Waals surface area contributed by atoms with E-state index in [1.165, 1.54) is 0 Å². The third-order valence-electron chi connectivity index (χ3n) is 5.83. The Balaban J connectivity index is 1.46. The SMILES string of the molecule is O=C(NC(CO)CO)C1CCCN(C2CCN(C(=O)C3CC3)CC2)C1. The Morgan fingerprint density at radius 2 is 1.64 bits per heavy atom. The molecule has 0 aromatic rings. The molecule has 2 amide bonds. The number of nitrogens with zero attached hydrogens (tertiary/aromatic N) is 2. The quantitative estimate of drug-likeness (QED) is 0.602. The Morgan fingerprint density at radius 1 is 0.960 bits per heavy atom. The molecule has 7 heteroatoms. The van der Waals surface area contributed by atoms with Gasteiger partial charge >= 0.3 is 0 Å². The van der Waals surface area contributed by atoms with Gasteiger partial charge in [-0.3, -0.25) is 14.5 Å². The number of amides is 2. The predicted molar refractivity (Wildman–Crippen MR) is 92.7 cm³/mol. The summed E-state index contributed by atoms with van der Waals surface area (Å²) in [4.78, 5) is 29.0. The number of aliphatic hydroxyl groups excluding tert-OH is 2. The van der Waals surface area contributed by atoms with Crippen molar-refractivity contribution in [3.8, 4) is 0 Å². The van der Waals surface area contributed by atoms with Crippen LogP contribution in [0.4, 0.5) is 0 Å². The molecular formula is C18H31N3O4. The molecule has 1 atom stereocenters. The molecule has 1 unspecified atom stereocenters. The molecule has 0 radical (unpaired) electrons. The van der Waals surface area contributed by atoms with E-state index in [1.54, 1.807) is 0 Å². The van der Waals surface area contributed by atoms with Gasteiger partial charge in [0, 0.05) is 31.6 Å². The van der Waals surface area contributed by atoms with Crippen LogP contribution in [0.25, 0.3) is 0 Å². The number of hydrogen-bond donors (Lipinski definition) is 3. The fourth-order valence-corrected chi connectivity index (χ4v) is 4.06. The van der Waals surface area contributed by atoms with E-state index in [9.17, 15) is 9.59 Å². The summed E-state index contributed by atoms with van der Waals surface area (Å²) in [6.07, 6.45) is 5.94. The molecule has 0 spiro atoms.